The Morgan fingerprint density at radius 1 is 0.962 bits per heavy atom. The van der Waals surface area contributed by atoms with Crippen molar-refractivity contribution in [1.29, 1.82) is 0 Å². The van der Waals surface area contributed by atoms with Crippen molar-refractivity contribution in [2.45, 2.75) is 6.42 Å². The Morgan fingerprint density at radius 3 is 2.31 bits per heavy atom. The van der Waals surface area contributed by atoms with Crippen LogP contribution in [0.4, 0.5) is 4.39 Å². The van der Waals surface area contributed by atoms with Crippen molar-refractivity contribution in [3.05, 3.63) is 59.4 Å². The molecule has 0 bridgehead atoms. The second-order valence-corrected chi connectivity index (χ2v) is 5.42. The number of halogens is 1. The van der Waals surface area contributed by atoms with Gasteiger partial charge in [-0.2, -0.15) is 0 Å². The van der Waals surface area contributed by atoms with Crippen LogP contribution in [0.1, 0.15) is 27.1 Å². The molecule has 0 aromatic heterocycles. The lowest BCUT2D eigenvalue weighted by molar-refractivity contribution is 0.0949. The lowest BCUT2D eigenvalue weighted by Crippen LogP contribution is -2.30. The largest absolute Gasteiger partial charge is 0.493 e. The lowest BCUT2D eigenvalue weighted by Gasteiger charge is -2.12. The van der Waals surface area contributed by atoms with Crippen LogP contribution in [0.25, 0.3) is 0 Å². The van der Waals surface area contributed by atoms with Gasteiger partial charge in [0.15, 0.2) is 11.5 Å². The Hall–Kier alpha value is -3.09. The summed E-state index contributed by atoms with van der Waals surface area (Å²) < 4.78 is 23.5. The zero-order valence-corrected chi connectivity index (χ0v) is 14.7. The number of para-hydroxylation sites is 1. The first-order valence-electron chi connectivity index (χ1n) is 8.09. The smallest absolute Gasteiger partial charge is 0.255 e. The van der Waals surface area contributed by atoms with Crippen LogP contribution in [0.15, 0.2) is 42.5 Å². The van der Waals surface area contributed by atoms with Gasteiger partial charge in [0.1, 0.15) is 5.82 Å². The number of carbonyl (C=O) groups excluding carboxylic acids is 2. The van der Waals surface area contributed by atoms with E-state index in [1.54, 1.807) is 18.2 Å². The maximum absolute atomic E-state index is 13.1. The third-order valence-electron chi connectivity index (χ3n) is 3.66. The second-order valence-electron chi connectivity index (χ2n) is 5.42. The predicted octanol–water partition coefficient (Wildman–Crippen LogP) is 2.39. The molecule has 0 spiro atoms. The first-order chi connectivity index (χ1) is 12.6. The topological polar surface area (TPSA) is 76.7 Å². The molecule has 0 aliphatic rings. The first kappa shape index (κ1) is 19.2. The molecule has 2 amide bonds. The molecule has 0 saturated heterocycles. The average molecular weight is 360 g/mol. The van der Waals surface area contributed by atoms with Crippen LogP contribution in [-0.4, -0.2) is 39.1 Å². The van der Waals surface area contributed by atoms with Gasteiger partial charge in [0, 0.05) is 18.7 Å². The van der Waals surface area contributed by atoms with Gasteiger partial charge in [-0.1, -0.05) is 12.1 Å². The number of benzene rings is 2. The number of rotatable bonds is 8. The van der Waals surface area contributed by atoms with E-state index in [4.69, 9.17) is 9.47 Å². The third-order valence-corrected chi connectivity index (χ3v) is 3.66. The molecule has 6 nitrogen and oxygen atoms in total. The minimum Gasteiger partial charge on any atom is -0.493 e. The van der Waals surface area contributed by atoms with Crippen molar-refractivity contribution >= 4 is 11.8 Å². The Bertz CT molecular complexity index is 780. The number of ether oxygens (including phenoxy) is 2. The van der Waals surface area contributed by atoms with Crippen LogP contribution in [0.3, 0.4) is 0 Å². The quantitative estimate of drug-likeness (QED) is 0.709. The molecule has 2 aromatic rings. The summed E-state index contributed by atoms with van der Waals surface area (Å²) in [7, 11) is 2.97. The zero-order valence-electron chi connectivity index (χ0n) is 14.7. The maximum Gasteiger partial charge on any atom is 0.255 e. The minimum atomic E-state index is -0.461. The summed E-state index contributed by atoms with van der Waals surface area (Å²) >= 11 is 0. The number of carbonyl (C=O) groups is 2. The molecule has 26 heavy (non-hydrogen) atoms. The molecule has 0 aliphatic heterocycles. The van der Waals surface area contributed by atoms with Crippen molar-refractivity contribution in [2.24, 2.45) is 0 Å². The van der Waals surface area contributed by atoms with Crippen LogP contribution in [-0.2, 0) is 0 Å². The number of methoxy groups -OCH3 is 2. The van der Waals surface area contributed by atoms with E-state index in [1.807, 2.05) is 0 Å². The van der Waals surface area contributed by atoms with E-state index in [2.05, 4.69) is 10.6 Å². The summed E-state index contributed by atoms with van der Waals surface area (Å²) in [4.78, 5) is 24.1. The van der Waals surface area contributed by atoms with E-state index >= 15 is 0 Å². The van der Waals surface area contributed by atoms with Crippen LogP contribution < -0.4 is 20.1 Å². The van der Waals surface area contributed by atoms with Gasteiger partial charge in [-0.25, -0.2) is 4.39 Å². The molecule has 0 heterocycles. The van der Waals surface area contributed by atoms with Crippen LogP contribution in [0, 0.1) is 5.82 Å². The summed E-state index contributed by atoms with van der Waals surface area (Å²) in [6, 6.07) is 10.5. The molecular weight excluding hydrogens is 339 g/mol. The number of hydrogen-bond donors (Lipinski definition) is 2. The van der Waals surface area contributed by atoms with Crippen LogP contribution in [0.5, 0.6) is 11.5 Å². The standard InChI is InChI=1S/C19H21FN2O4/c1-25-16-9-4-8-15(17(16)26-2)19(24)22-11-5-10-21-18(23)13-6-3-7-14(20)12-13/h3-4,6-9,12H,5,10-11H2,1-2H3,(H,21,23)(H,22,24). The Morgan fingerprint density at radius 2 is 1.65 bits per heavy atom. The Balaban J connectivity index is 1.80. The van der Waals surface area contributed by atoms with Crippen LogP contribution >= 0.6 is 0 Å². The molecule has 2 N–H and O–H groups in total. The normalized spacial score (nSPS) is 10.1. The van der Waals surface area contributed by atoms with E-state index in [1.165, 1.54) is 38.5 Å². The molecule has 0 radical (unpaired) electrons. The van der Waals surface area contributed by atoms with Gasteiger partial charge in [-0.15, -0.1) is 0 Å². The van der Waals surface area contributed by atoms with Gasteiger partial charge in [-0.3, -0.25) is 9.59 Å². The summed E-state index contributed by atoms with van der Waals surface area (Å²) in [6.07, 6.45) is 0.527. The first-order valence-corrected chi connectivity index (χ1v) is 8.09. The SMILES string of the molecule is COc1cccc(C(=O)NCCCNC(=O)c2cccc(F)c2)c1OC. The average Bonchev–Trinajstić information content (AvgIpc) is 2.66. The fraction of sp³-hybridized carbons (Fsp3) is 0.263. The predicted molar refractivity (Wildman–Crippen MR) is 95.2 cm³/mol. The maximum atomic E-state index is 13.1. The van der Waals surface area contributed by atoms with Gasteiger partial charge >= 0.3 is 0 Å². The second kappa shape index (κ2) is 9.41. The molecule has 7 heteroatoms. The number of hydrogen-bond acceptors (Lipinski definition) is 4. The fourth-order valence-corrected chi connectivity index (χ4v) is 2.39. The third kappa shape index (κ3) is 4.95. The molecule has 2 aromatic carbocycles. The van der Waals surface area contributed by atoms with Crippen molar-refractivity contribution in [1.82, 2.24) is 10.6 Å². The van der Waals surface area contributed by atoms with Gasteiger partial charge in [0.25, 0.3) is 11.8 Å². The zero-order chi connectivity index (χ0) is 18.9. The number of amides is 2. The molecule has 138 valence electrons. The highest BCUT2D eigenvalue weighted by molar-refractivity contribution is 5.97. The van der Waals surface area contributed by atoms with E-state index in [9.17, 15) is 14.0 Å². The Labute approximate surface area is 151 Å². The molecule has 0 aliphatic carbocycles. The minimum absolute atomic E-state index is 0.259. The molecular formula is C19H21FN2O4. The summed E-state index contributed by atoms with van der Waals surface area (Å²) in [5, 5.41) is 5.44. The highest BCUT2D eigenvalue weighted by atomic mass is 19.1. The molecule has 2 rings (SSSR count). The molecule has 0 saturated carbocycles. The molecule has 0 atom stereocenters. The van der Waals surface area contributed by atoms with Gasteiger partial charge in [-0.05, 0) is 36.8 Å². The van der Waals surface area contributed by atoms with E-state index in [0.29, 0.717) is 36.6 Å². The summed E-state index contributed by atoms with van der Waals surface area (Å²) in [6.45, 7) is 0.716. The number of nitrogens with one attached hydrogen (secondary N) is 2. The molecule has 0 fully saturated rings. The molecule has 0 unspecified atom stereocenters. The van der Waals surface area contributed by atoms with Gasteiger partial charge < -0.3 is 20.1 Å². The van der Waals surface area contributed by atoms with E-state index in [-0.39, 0.29) is 17.4 Å². The highest BCUT2D eigenvalue weighted by Crippen LogP contribution is 2.30. The lowest BCUT2D eigenvalue weighted by atomic mass is 10.1. The van der Waals surface area contributed by atoms with Crippen molar-refractivity contribution in [2.75, 3.05) is 27.3 Å². The van der Waals surface area contributed by atoms with Crippen molar-refractivity contribution in [3.63, 3.8) is 0 Å². The van der Waals surface area contributed by atoms with Crippen molar-refractivity contribution < 1.29 is 23.5 Å². The summed E-state index contributed by atoms with van der Waals surface area (Å²) in [5.74, 6) is -0.269. The van der Waals surface area contributed by atoms with Crippen molar-refractivity contribution in [3.8, 4) is 11.5 Å². The van der Waals surface area contributed by atoms with E-state index in [0.717, 1.165) is 0 Å². The Kier molecular flexibility index (Phi) is 6.96. The van der Waals surface area contributed by atoms with Gasteiger partial charge in [0.2, 0.25) is 0 Å². The highest BCUT2D eigenvalue weighted by Gasteiger charge is 2.15. The van der Waals surface area contributed by atoms with E-state index < -0.39 is 5.82 Å². The fourth-order valence-electron chi connectivity index (χ4n) is 2.39. The summed E-state index contributed by atoms with van der Waals surface area (Å²) in [5.41, 5.74) is 0.630. The van der Waals surface area contributed by atoms with Crippen LogP contribution in [0.2, 0.25) is 0 Å². The monoisotopic (exact) mass is 360 g/mol. The van der Waals surface area contributed by atoms with Gasteiger partial charge in [0.05, 0.1) is 19.8 Å².